The van der Waals surface area contributed by atoms with E-state index in [-0.39, 0.29) is 23.0 Å². The maximum Gasteiger partial charge on any atom is 2.00 e. The number of ether oxygens (including phenoxy) is 1. The third-order valence-electron chi connectivity index (χ3n) is 2.67. The van der Waals surface area contributed by atoms with Gasteiger partial charge in [0.2, 0.25) is 0 Å². The summed E-state index contributed by atoms with van der Waals surface area (Å²) in [6.45, 7) is 0.324. The van der Waals surface area contributed by atoms with Gasteiger partial charge in [-0.2, -0.15) is 0 Å². The van der Waals surface area contributed by atoms with Crippen LogP contribution in [0.25, 0.3) is 0 Å². The van der Waals surface area contributed by atoms with Crippen LogP contribution >= 0.6 is 0 Å². The molecule has 2 saturated carbocycles. The SMILES string of the molecule is O=C(OCc1ccccc1)[C]1[CH][CH][CH][CH]1.[CH]1[CH][CH][CH][CH]1.[Fe+2]. The molecule has 0 aromatic heterocycles. The summed E-state index contributed by atoms with van der Waals surface area (Å²) in [7, 11) is 0. The fraction of sp³-hybridized carbons (Fsp3) is 0.0556. The first-order chi connectivity index (χ1) is 9.86. The molecule has 0 spiro atoms. The van der Waals surface area contributed by atoms with Crippen LogP contribution in [0, 0.1) is 63.7 Å². The Kier molecular flexibility index (Phi) is 9.45. The number of carbonyl (C=O) groups excluding carboxylic acids is 1. The minimum absolute atomic E-state index is 0. The first kappa shape index (κ1) is 18.3. The number of carbonyl (C=O) groups is 1. The van der Waals surface area contributed by atoms with Crippen molar-refractivity contribution in [2.24, 2.45) is 0 Å². The van der Waals surface area contributed by atoms with Gasteiger partial charge in [0.15, 0.2) is 0 Å². The molecule has 2 nitrogen and oxygen atoms in total. The molecule has 3 heteroatoms. The van der Waals surface area contributed by atoms with Crippen LogP contribution in [0.2, 0.25) is 0 Å². The van der Waals surface area contributed by atoms with Crippen molar-refractivity contribution in [2.45, 2.75) is 6.61 Å². The van der Waals surface area contributed by atoms with Crippen molar-refractivity contribution in [3.05, 3.63) is 99.6 Å². The van der Waals surface area contributed by atoms with Gasteiger partial charge in [0, 0.05) is 0 Å². The van der Waals surface area contributed by atoms with Crippen LogP contribution in [0.1, 0.15) is 5.56 Å². The summed E-state index contributed by atoms with van der Waals surface area (Å²) >= 11 is 0. The van der Waals surface area contributed by atoms with Crippen LogP contribution < -0.4 is 0 Å². The normalized spacial score (nSPS) is 17.5. The van der Waals surface area contributed by atoms with Crippen LogP contribution in [0.15, 0.2) is 30.3 Å². The first-order valence-electron chi connectivity index (χ1n) is 6.46. The van der Waals surface area contributed by atoms with Gasteiger partial charge in [-0.15, -0.1) is 0 Å². The van der Waals surface area contributed by atoms with E-state index in [2.05, 4.69) is 0 Å². The molecule has 1 aromatic carbocycles. The molecule has 21 heavy (non-hydrogen) atoms. The Labute approximate surface area is 139 Å². The molecule has 0 aliphatic heterocycles. The minimum Gasteiger partial charge on any atom is -0.460 e. The topological polar surface area (TPSA) is 26.3 Å². The summed E-state index contributed by atoms with van der Waals surface area (Å²) in [5.74, 6) is 0.329. The molecule has 0 amide bonds. The van der Waals surface area contributed by atoms with E-state index in [1.165, 1.54) is 0 Å². The fourth-order valence-electron chi connectivity index (χ4n) is 1.64. The molecule has 0 N–H and O–H groups in total. The van der Waals surface area contributed by atoms with Gasteiger partial charge in [0.25, 0.3) is 0 Å². The molecular weight excluding hydrogens is 304 g/mol. The second-order valence-corrected chi connectivity index (χ2v) is 4.20. The van der Waals surface area contributed by atoms with Gasteiger partial charge in [0.1, 0.15) is 6.61 Å². The monoisotopic (exact) mass is 320 g/mol. The van der Waals surface area contributed by atoms with Crippen LogP contribution in [0.4, 0.5) is 0 Å². The Morgan fingerprint density at radius 1 is 0.810 bits per heavy atom. The van der Waals surface area contributed by atoms with Gasteiger partial charge in [-0.3, -0.25) is 4.79 Å². The van der Waals surface area contributed by atoms with Gasteiger partial charge >= 0.3 is 23.0 Å². The molecule has 0 unspecified atom stereocenters. The van der Waals surface area contributed by atoms with Gasteiger partial charge in [-0.1, -0.05) is 30.3 Å². The predicted molar refractivity (Wildman–Crippen MR) is 78.2 cm³/mol. The smallest absolute Gasteiger partial charge is 0.460 e. The number of esters is 1. The zero-order chi connectivity index (χ0) is 14.0. The van der Waals surface area contributed by atoms with E-state index in [1.807, 2.05) is 75.3 Å². The van der Waals surface area contributed by atoms with Crippen molar-refractivity contribution in [3.8, 4) is 0 Å². The zero-order valence-corrected chi connectivity index (χ0v) is 12.6. The molecule has 106 valence electrons. The first-order valence-corrected chi connectivity index (χ1v) is 6.46. The van der Waals surface area contributed by atoms with Gasteiger partial charge < -0.3 is 4.74 Å². The maximum absolute atomic E-state index is 11.5. The van der Waals surface area contributed by atoms with E-state index in [0.29, 0.717) is 12.5 Å². The van der Waals surface area contributed by atoms with Crippen molar-refractivity contribution in [1.29, 1.82) is 0 Å². The van der Waals surface area contributed by atoms with Crippen molar-refractivity contribution < 1.29 is 26.6 Å². The van der Waals surface area contributed by atoms with E-state index < -0.39 is 0 Å². The molecule has 3 rings (SSSR count). The summed E-state index contributed by atoms with van der Waals surface area (Å²) in [6, 6.07) is 9.64. The maximum atomic E-state index is 11.5. The largest absolute Gasteiger partial charge is 2.00 e. The van der Waals surface area contributed by atoms with Gasteiger partial charge in [-0.25, -0.2) is 0 Å². The van der Waals surface area contributed by atoms with Crippen LogP contribution in [-0.2, 0) is 33.2 Å². The number of rotatable bonds is 3. The van der Waals surface area contributed by atoms with E-state index in [0.717, 1.165) is 5.56 Å². The van der Waals surface area contributed by atoms with E-state index in [9.17, 15) is 4.79 Å². The second-order valence-electron chi connectivity index (χ2n) is 4.20. The van der Waals surface area contributed by atoms with E-state index in [4.69, 9.17) is 4.74 Å². The molecular formula is C18H16FeO2+2. The Morgan fingerprint density at radius 2 is 1.33 bits per heavy atom. The van der Waals surface area contributed by atoms with Gasteiger partial charge in [0.05, 0.1) is 5.92 Å². The summed E-state index contributed by atoms with van der Waals surface area (Å²) in [4.78, 5) is 11.5. The average Bonchev–Trinajstić information content (AvgIpc) is 3.20. The molecule has 2 aliphatic rings. The van der Waals surface area contributed by atoms with Crippen molar-refractivity contribution in [3.63, 3.8) is 0 Å². The molecule has 0 bridgehead atoms. The molecule has 2 fully saturated rings. The quantitative estimate of drug-likeness (QED) is 0.632. The Balaban J connectivity index is 0.000000313. The Hall–Kier alpha value is -0.791. The van der Waals surface area contributed by atoms with Crippen molar-refractivity contribution in [2.75, 3.05) is 0 Å². The third kappa shape index (κ3) is 7.15. The standard InChI is InChI=1S/C13H11O2.C5H5.Fe/c14-13(12-8-4-5-9-12)15-10-11-6-2-1-3-7-11;1-2-4-5-3-1;/h1-9H,10H2;1-5H;/q;;+2. The van der Waals surface area contributed by atoms with E-state index >= 15 is 0 Å². The number of benzene rings is 1. The fourth-order valence-corrected chi connectivity index (χ4v) is 1.64. The molecule has 10 radical (unpaired) electrons. The predicted octanol–water partition coefficient (Wildman–Crippen LogP) is 3.15. The molecule has 0 saturated heterocycles. The third-order valence-corrected chi connectivity index (χ3v) is 2.67. The van der Waals surface area contributed by atoms with Crippen LogP contribution in [0.3, 0.4) is 0 Å². The molecule has 1 aromatic rings. The van der Waals surface area contributed by atoms with Gasteiger partial charge in [-0.05, 0) is 63.4 Å². The molecule has 2 aliphatic carbocycles. The summed E-state index contributed by atoms with van der Waals surface area (Å²) in [5, 5.41) is 0. The van der Waals surface area contributed by atoms with Crippen LogP contribution in [-0.4, -0.2) is 5.97 Å². The number of hydrogen-bond acceptors (Lipinski definition) is 2. The van der Waals surface area contributed by atoms with Crippen molar-refractivity contribution >= 4 is 5.97 Å². The molecule has 0 atom stereocenters. The zero-order valence-electron chi connectivity index (χ0n) is 11.5. The van der Waals surface area contributed by atoms with Crippen molar-refractivity contribution in [1.82, 2.24) is 0 Å². The van der Waals surface area contributed by atoms with E-state index in [1.54, 1.807) is 12.8 Å². The summed E-state index contributed by atoms with van der Waals surface area (Å²) in [6.07, 6.45) is 17.1. The Morgan fingerprint density at radius 3 is 1.86 bits per heavy atom. The average molecular weight is 320 g/mol. The summed E-state index contributed by atoms with van der Waals surface area (Å²) < 4.78 is 5.13. The second kappa shape index (κ2) is 10.9. The van der Waals surface area contributed by atoms with Crippen LogP contribution in [0.5, 0.6) is 0 Å². The number of hydrogen-bond donors (Lipinski definition) is 0. The summed E-state index contributed by atoms with van der Waals surface area (Å²) in [5.41, 5.74) is 0.998. The Bertz CT molecular complexity index is 374. The minimum atomic E-state index is -0.274. The molecule has 0 heterocycles.